The number of nitrogens with zero attached hydrogens (tertiary/aromatic N) is 1. The summed E-state index contributed by atoms with van der Waals surface area (Å²) in [6.45, 7) is 0. The van der Waals surface area contributed by atoms with Crippen molar-refractivity contribution in [2.45, 2.75) is 44.2 Å². The first-order valence-corrected chi connectivity index (χ1v) is 7.33. The van der Waals surface area contributed by atoms with E-state index in [4.69, 9.17) is 0 Å². The van der Waals surface area contributed by atoms with Gasteiger partial charge in [0.2, 0.25) is 0 Å². The zero-order chi connectivity index (χ0) is 13.5. The summed E-state index contributed by atoms with van der Waals surface area (Å²) in [4.78, 5) is 4.51. The van der Waals surface area contributed by atoms with Crippen LogP contribution in [0.15, 0.2) is 18.2 Å². The fourth-order valence-electron chi connectivity index (χ4n) is 2.64. The van der Waals surface area contributed by atoms with E-state index >= 15 is 0 Å². The molecule has 1 aromatic carbocycles. The van der Waals surface area contributed by atoms with E-state index in [0.29, 0.717) is 16.1 Å². The summed E-state index contributed by atoms with van der Waals surface area (Å²) in [5.74, 6) is 0.445. The van der Waals surface area contributed by atoms with E-state index < -0.39 is 11.7 Å². The fraction of sp³-hybridized carbons (Fsp3) is 0.500. The van der Waals surface area contributed by atoms with Crippen LogP contribution in [0.4, 0.5) is 13.2 Å². The third kappa shape index (κ3) is 2.61. The minimum atomic E-state index is -4.27. The minimum Gasteiger partial charge on any atom is -0.241 e. The molecule has 5 heteroatoms. The van der Waals surface area contributed by atoms with Crippen molar-refractivity contribution < 1.29 is 13.2 Å². The van der Waals surface area contributed by atoms with Crippen molar-refractivity contribution in [1.29, 1.82) is 0 Å². The Bertz CT molecular complexity index is 582. The summed E-state index contributed by atoms with van der Waals surface area (Å²) < 4.78 is 38.6. The van der Waals surface area contributed by atoms with E-state index in [1.165, 1.54) is 42.7 Å². The molecule has 2 aromatic rings. The molecule has 0 spiro atoms. The van der Waals surface area contributed by atoms with Crippen molar-refractivity contribution in [2.75, 3.05) is 0 Å². The highest BCUT2D eigenvalue weighted by Gasteiger charge is 2.31. The molecule has 1 saturated carbocycles. The number of thiazole rings is 1. The molecule has 1 aliphatic carbocycles. The first-order valence-electron chi connectivity index (χ1n) is 6.52. The van der Waals surface area contributed by atoms with Crippen LogP contribution in [0.1, 0.15) is 48.6 Å². The molecule has 1 aromatic heterocycles. The Kier molecular flexibility index (Phi) is 3.25. The lowest BCUT2D eigenvalue weighted by atomic mass is 9.90. The van der Waals surface area contributed by atoms with Crippen LogP contribution in [0.3, 0.4) is 0 Å². The van der Waals surface area contributed by atoms with Crippen LogP contribution in [0.5, 0.6) is 0 Å². The van der Waals surface area contributed by atoms with Gasteiger partial charge in [0, 0.05) is 5.92 Å². The van der Waals surface area contributed by atoms with Crippen LogP contribution in [-0.4, -0.2) is 4.98 Å². The largest absolute Gasteiger partial charge is 0.416 e. The second-order valence-corrected chi connectivity index (χ2v) is 6.13. The van der Waals surface area contributed by atoms with E-state index in [-0.39, 0.29) is 0 Å². The summed E-state index contributed by atoms with van der Waals surface area (Å²) in [6, 6.07) is 3.83. The Morgan fingerprint density at radius 3 is 2.53 bits per heavy atom. The monoisotopic (exact) mass is 285 g/mol. The summed E-state index contributed by atoms with van der Waals surface area (Å²) in [5.41, 5.74) is 0.109. The Morgan fingerprint density at radius 1 is 1.11 bits per heavy atom. The Balaban J connectivity index is 1.96. The zero-order valence-corrected chi connectivity index (χ0v) is 11.2. The Labute approximate surface area is 113 Å². The van der Waals surface area contributed by atoms with Gasteiger partial charge in [0.05, 0.1) is 20.8 Å². The molecule has 1 nitrogen and oxygen atoms in total. The fourth-order valence-corrected chi connectivity index (χ4v) is 3.82. The minimum absolute atomic E-state index is 0.445. The molecule has 1 fully saturated rings. The molecule has 0 amide bonds. The number of fused-ring (bicyclic) bond motifs is 1. The van der Waals surface area contributed by atoms with Crippen molar-refractivity contribution in [1.82, 2.24) is 4.98 Å². The van der Waals surface area contributed by atoms with Gasteiger partial charge in [0.1, 0.15) is 0 Å². The summed E-state index contributed by atoms with van der Waals surface area (Å²) in [6.07, 6.45) is 1.63. The van der Waals surface area contributed by atoms with Gasteiger partial charge in [0.15, 0.2) is 0 Å². The van der Waals surface area contributed by atoms with Gasteiger partial charge in [-0.1, -0.05) is 19.3 Å². The zero-order valence-electron chi connectivity index (χ0n) is 10.3. The number of alkyl halides is 3. The van der Waals surface area contributed by atoms with Gasteiger partial charge in [0.25, 0.3) is 0 Å². The normalized spacial score (nSPS) is 18.1. The Morgan fingerprint density at radius 2 is 1.84 bits per heavy atom. The van der Waals surface area contributed by atoms with Crippen LogP contribution >= 0.6 is 11.3 Å². The van der Waals surface area contributed by atoms with E-state index in [1.807, 2.05) is 0 Å². The average molecular weight is 285 g/mol. The lowest BCUT2D eigenvalue weighted by Gasteiger charge is -2.18. The molecule has 3 rings (SSSR count). The first-order chi connectivity index (χ1) is 9.04. The molecule has 0 radical (unpaired) electrons. The van der Waals surface area contributed by atoms with Gasteiger partial charge in [-0.15, -0.1) is 11.3 Å². The van der Waals surface area contributed by atoms with E-state index in [9.17, 15) is 13.2 Å². The lowest BCUT2D eigenvalue weighted by Crippen LogP contribution is -2.03. The highest BCUT2D eigenvalue weighted by Crippen LogP contribution is 2.38. The molecular formula is C14H14F3NS. The predicted octanol–water partition coefficient (Wildman–Crippen LogP) is 5.36. The number of halogens is 3. The highest BCUT2D eigenvalue weighted by atomic mass is 32.1. The van der Waals surface area contributed by atoms with Crippen molar-refractivity contribution in [3.8, 4) is 0 Å². The maximum Gasteiger partial charge on any atom is 0.416 e. The maximum absolute atomic E-state index is 12.7. The van der Waals surface area contributed by atoms with Crippen molar-refractivity contribution in [2.24, 2.45) is 0 Å². The maximum atomic E-state index is 12.7. The third-order valence-corrected chi connectivity index (χ3v) is 4.87. The number of benzene rings is 1. The van der Waals surface area contributed by atoms with Crippen molar-refractivity contribution in [3.63, 3.8) is 0 Å². The molecule has 1 aliphatic rings. The molecule has 0 unspecified atom stereocenters. The SMILES string of the molecule is FC(F)(F)c1ccc2nc(C3CCCCC3)sc2c1. The standard InChI is InChI=1S/C14H14F3NS/c15-14(16,17)10-6-7-11-12(8-10)19-13(18-11)9-4-2-1-3-5-9/h6-9H,1-5H2. The molecule has 0 bridgehead atoms. The molecule has 0 saturated heterocycles. The third-order valence-electron chi connectivity index (χ3n) is 3.69. The van der Waals surface area contributed by atoms with Gasteiger partial charge < -0.3 is 0 Å². The smallest absolute Gasteiger partial charge is 0.241 e. The number of hydrogen-bond donors (Lipinski definition) is 0. The molecule has 0 N–H and O–H groups in total. The lowest BCUT2D eigenvalue weighted by molar-refractivity contribution is -0.137. The summed E-state index contributed by atoms with van der Waals surface area (Å²) >= 11 is 1.42. The number of aromatic nitrogens is 1. The van der Waals surface area contributed by atoms with Gasteiger partial charge >= 0.3 is 6.18 Å². The Hall–Kier alpha value is -1.10. The van der Waals surface area contributed by atoms with E-state index in [2.05, 4.69) is 4.98 Å². The first kappa shape index (κ1) is 12.9. The summed E-state index contributed by atoms with van der Waals surface area (Å²) in [7, 11) is 0. The van der Waals surface area contributed by atoms with E-state index in [0.717, 1.165) is 23.9 Å². The number of rotatable bonds is 1. The van der Waals surface area contributed by atoms with Gasteiger partial charge in [-0.05, 0) is 31.0 Å². The quantitative estimate of drug-likeness (QED) is 0.687. The molecule has 19 heavy (non-hydrogen) atoms. The van der Waals surface area contributed by atoms with Crippen LogP contribution in [0.2, 0.25) is 0 Å². The average Bonchev–Trinajstić information content (AvgIpc) is 2.81. The van der Waals surface area contributed by atoms with Crippen LogP contribution in [-0.2, 0) is 6.18 Å². The summed E-state index contributed by atoms with van der Waals surface area (Å²) in [5, 5.41) is 1.01. The second kappa shape index (κ2) is 4.78. The van der Waals surface area contributed by atoms with Crippen LogP contribution in [0.25, 0.3) is 10.2 Å². The highest BCUT2D eigenvalue weighted by molar-refractivity contribution is 7.18. The predicted molar refractivity (Wildman–Crippen MR) is 70.4 cm³/mol. The van der Waals surface area contributed by atoms with Crippen LogP contribution < -0.4 is 0 Å². The molecule has 102 valence electrons. The second-order valence-electron chi connectivity index (χ2n) is 5.07. The van der Waals surface area contributed by atoms with Crippen molar-refractivity contribution in [3.05, 3.63) is 28.8 Å². The van der Waals surface area contributed by atoms with Crippen LogP contribution in [0, 0.1) is 0 Å². The molecular weight excluding hydrogens is 271 g/mol. The van der Waals surface area contributed by atoms with Gasteiger partial charge in [-0.2, -0.15) is 13.2 Å². The van der Waals surface area contributed by atoms with E-state index in [1.54, 1.807) is 0 Å². The van der Waals surface area contributed by atoms with Crippen molar-refractivity contribution >= 4 is 21.6 Å². The van der Waals surface area contributed by atoms with Gasteiger partial charge in [-0.25, -0.2) is 4.98 Å². The molecule has 0 aliphatic heterocycles. The topological polar surface area (TPSA) is 12.9 Å². The number of hydrogen-bond acceptors (Lipinski definition) is 2. The van der Waals surface area contributed by atoms with Gasteiger partial charge in [-0.3, -0.25) is 0 Å². The molecule has 1 heterocycles. The molecule has 0 atom stereocenters.